The van der Waals surface area contributed by atoms with Gasteiger partial charge in [0.05, 0.1) is 5.92 Å². The van der Waals surface area contributed by atoms with Gasteiger partial charge in [0.15, 0.2) is 0 Å². The first kappa shape index (κ1) is 19.2. The third kappa shape index (κ3) is 4.31. The highest BCUT2D eigenvalue weighted by molar-refractivity contribution is 5.98. The van der Waals surface area contributed by atoms with Gasteiger partial charge in [0, 0.05) is 43.9 Å². The van der Waals surface area contributed by atoms with Crippen LogP contribution in [0.4, 0.5) is 11.4 Å². The molecule has 2 fully saturated rings. The summed E-state index contributed by atoms with van der Waals surface area (Å²) in [5.41, 5.74) is 3.77. The molecule has 2 heterocycles. The molecule has 4 rings (SSSR count). The van der Waals surface area contributed by atoms with Crippen molar-refractivity contribution in [2.45, 2.75) is 32.7 Å². The summed E-state index contributed by atoms with van der Waals surface area (Å²) in [6.45, 7) is 3.73. The molecule has 1 unspecified atom stereocenters. The van der Waals surface area contributed by atoms with Crippen LogP contribution in [-0.4, -0.2) is 35.7 Å². The van der Waals surface area contributed by atoms with Crippen LogP contribution in [0.25, 0.3) is 0 Å². The first-order valence-electron chi connectivity index (χ1n) is 10.0. The Morgan fingerprint density at radius 2 is 1.76 bits per heavy atom. The molecule has 1 atom stereocenters. The third-order valence-electron chi connectivity index (χ3n) is 5.60. The van der Waals surface area contributed by atoms with E-state index in [0.717, 1.165) is 24.2 Å². The highest BCUT2D eigenvalue weighted by Gasteiger charge is 2.34. The smallest absolute Gasteiger partial charge is 0.229 e. The number of likely N-dealkylation sites (tertiary alicyclic amines) is 1. The Morgan fingerprint density at radius 1 is 1.03 bits per heavy atom. The average Bonchev–Trinajstić information content (AvgIpc) is 3.30. The molecule has 2 aliphatic heterocycles. The second-order valence-electron chi connectivity index (χ2n) is 7.85. The molecule has 2 aliphatic rings. The summed E-state index contributed by atoms with van der Waals surface area (Å²) in [5, 5.41) is 2.90. The van der Waals surface area contributed by atoms with Crippen LogP contribution in [0.5, 0.6) is 0 Å². The van der Waals surface area contributed by atoms with Gasteiger partial charge in [-0.3, -0.25) is 14.4 Å². The standard InChI is InChI=1S/C23H25N3O3/c1-16-4-6-17(7-5-16)14-25-15-18(13-22(25)28)23(29)24-19-8-10-20(11-9-19)26-12-2-3-21(26)27/h4-11,18H,2-3,12-15H2,1H3,(H,24,29). The number of nitrogens with one attached hydrogen (secondary N) is 1. The van der Waals surface area contributed by atoms with E-state index in [1.54, 1.807) is 21.9 Å². The van der Waals surface area contributed by atoms with Gasteiger partial charge in [-0.1, -0.05) is 29.8 Å². The van der Waals surface area contributed by atoms with Gasteiger partial charge in [-0.15, -0.1) is 0 Å². The first-order valence-corrected chi connectivity index (χ1v) is 10.0. The molecular formula is C23H25N3O3. The largest absolute Gasteiger partial charge is 0.338 e. The van der Waals surface area contributed by atoms with Gasteiger partial charge in [0.1, 0.15) is 0 Å². The number of rotatable bonds is 5. The van der Waals surface area contributed by atoms with Crippen LogP contribution in [0, 0.1) is 12.8 Å². The van der Waals surface area contributed by atoms with Gasteiger partial charge in [-0.05, 0) is 43.2 Å². The summed E-state index contributed by atoms with van der Waals surface area (Å²) in [5.74, 6) is -0.351. The van der Waals surface area contributed by atoms with Gasteiger partial charge in [-0.2, -0.15) is 0 Å². The zero-order valence-corrected chi connectivity index (χ0v) is 16.6. The molecule has 1 N–H and O–H groups in total. The maximum absolute atomic E-state index is 12.6. The Balaban J connectivity index is 1.34. The maximum atomic E-state index is 12.6. The number of carbonyl (C=O) groups is 3. The van der Waals surface area contributed by atoms with E-state index in [0.29, 0.717) is 25.2 Å². The predicted octanol–water partition coefficient (Wildman–Crippen LogP) is 3.11. The lowest BCUT2D eigenvalue weighted by Gasteiger charge is -2.17. The monoisotopic (exact) mass is 391 g/mol. The highest BCUT2D eigenvalue weighted by Crippen LogP contribution is 2.25. The van der Waals surface area contributed by atoms with Crippen molar-refractivity contribution in [2.24, 2.45) is 5.92 Å². The summed E-state index contributed by atoms with van der Waals surface area (Å²) in [4.78, 5) is 40.3. The zero-order valence-electron chi connectivity index (χ0n) is 16.6. The van der Waals surface area contributed by atoms with E-state index in [1.165, 1.54) is 5.56 Å². The predicted molar refractivity (Wildman–Crippen MR) is 111 cm³/mol. The van der Waals surface area contributed by atoms with Crippen molar-refractivity contribution < 1.29 is 14.4 Å². The van der Waals surface area contributed by atoms with Crippen molar-refractivity contribution in [3.63, 3.8) is 0 Å². The number of carbonyl (C=O) groups excluding carboxylic acids is 3. The molecule has 0 aromatic heterocycles. The van der Waals surface area contributed by atoms with Gasteiger partial charge in [0.2, 0.25) is 17.7 Å². The normalized spacial score (nSPS) is 19.1. The van der Waals surface area contributed by atoms with Crippen LogP contribution in [0.3, 0.4) is 0 Å². The van der Waals surface area contributed by atoms with Crippen LogP contribution in [0.2, 0.25) is 0 Å². The molecule has 2 aromatic rings. The molecule has 2 aromatic carbocycles. The van der Waals surface area contributed by atoms with E-state index in [-0.39, 0.29) is 30.1 Å². The number of aryl methyl sites for hydroxylation is 1. The van der Waals surface area contributed by atoms with E-state index in [2.05, 4.69) is 5.32 Å². The van der Waals surface area contributed by atoms with Crippen LogP contribution >= 0.6 is 0 Å². The second kappa shape index (κ2) is 8.07. The Morgan fingerprint density at radius 3 is 2.41 bits per heavy atom. The van der Waals surface area contributed by atoms with Crippen LogP contribution in [0.15, 0.2) is 48.5 Å². The topological polar surface area (TPSA) is 69.7 Å². The molecular weight excluding hydrogens is 366 g/mol. The summed E-state index contributed by atoms with van der Waals surface area (Å²) in [7, 11) is 0. The van der Waals surface area contributed by atoms with Crippen molar-refractivity contribution in [3.05, 3.63) is 59.7 Å². The van der Waals surface area contributed by atoms with Gasteiger partial charge < -0.3 is 15.1 Å². The molecule has 0 radical (unpaired) electrons. The van der Waals surface area contributed by atoms with Gasteiger partial charge >= 0.3 is 0 Å². The first-order chi connectivity index (χ1) is 14.0. The molecule has 0 aliphatic carbocycles. The zero-order chi connectivity index (χ0) is 20.4. The number of benzene rings is 2. The Labute approximate surface area is 170 Å². The van der Waals surface area contributed by atoms with Crippen molar-refractivity contribution in [1.29, 1.82) is 0 Å². The lowest BCUT2D eigenvalue weighted by molar-refractivity contribution is -0.128. The van der Waals surface area contributed by atoms with E-state index in [9.17, 15) is 14.4 Å². The fourth-order valence-electron chi connectivity index (χ4n) is 3.90. The van der Waals surface area contributed by atoms with Crippen LogP contribution < -0.4 is 10.2 Å². The maximum Gasteiger partial charge on any atom is 0.229 e. The highest BCUT2D eigenvalue weighted by atomic mass is 16.2. The minimum absolute atomic E-state index is 0.00798. The minimum Gasteiger partial charge on any atom is -0.338 e. The fourth-order valence-corrected chi connectivity index (χ4v) is 3.90. The Bertz CT molecular complexity index is 921. The summed E-state index contributed by atoms with van der Waals surface area (Å²) in [6.07, 6.45) is 1.71. The molecule has 2 saturated heterocycles. The number of anilines is 2. The van der Waals surface area contributed by atoms with E-state index in [1.807, 2.05) is 43.3 Å². The Kier molecular flexibility index (Phi) is 5.34. The fraction of sp³-hybridized carbons (Fsp3) is 0.348. The van der Waals surface area contributed by atoms with Crippen molar-refractivity contribution >= 4 is 29.1 Å². The summed E-state index contributed by atoms with van der Waals surface area (Å²) in [6, 6.07) is 15.4. The van der Waals surface area contributed by atoms with Crippen molar-refractivity contribution in [1.82, 2.24) is 4.90 Å². The summed E-state index contributed by atoms with van der Waals surface area (Å²) >= 11 is 0. The molecule has 3 amide bonds. The summed E-state index contributed by atoms with van der Waals surface area (Å²) < 4.78 is 0. The Hall–Kier alpha value is -3.15. The molecule has 0 saturated carbocycles. The van der Waals surface area contributed by atoms with Crippen molar-refractivity contribution in [3.8, 4) is 0 Å². The quantitative estimate of drug-likeness (QED) is 0.851. The number of hydrogen-bond acceptors (Lipinski definition) is 3. The van der Waals surface area contributed by atoms with Gasteiger partial charge in [-0.25, -0.2) is 0 Å². The number of nitrogens with zero attached hydrogens (tertiary/aromatic N) is 2. The molecule has 0 bridgehead atoms. The van der Waals surface area contributed by atoms with E-state index >= 15 is 0 Å². The van der Waals surface area contributed by atoms with Crippen LogP contribution in [0.1, 0.15) is 30.4 Å². The lowest BCUT2D eigenvalue weighted by Crippen LogP contribution is -2.28. The molecule has 150 valence electrons. The second-order valence-corrected chi connectivity index (χ2v) is 7.85. The third-order valence-corrected chi connectivity index (χ3v) is 5.60. The number of hydrogen-bond donors (Lipinski definition) is 1. The van der Waals surface area contributed by atoms with Gasteiger partial charge in [0.25, 0.3) is 0 Å². The average molecular weight is 391 g/mol. The lowest BCUT2D eigenvalue weighted by atomic mass is 10.1. The number of amides is 3. The van der Waals surface area contributed by atoms with Crippen LogP contribution in [-0.2, 0) is 20.9 Å². The molecule has 29 heavy (non-hydrogen) atoms. The molecule has 6 heteroatoms. The minimum atomic E-state index is -0.354. The van der Waals surface area contributed by atoms with E-state index < -0.39 is 0 Å². The SMILES string of the molecule is Cc1ccc(CN2CC(C(=O)Nc3ccc(N4CCCC4=O)cc3)CC2=O)cc1. The molecule has 0 spiro atoms. The van der Waals surface area contributed by atoms with Crippen molar-refractivity contribution in [2.75, 3.05) is 23.3 Å². The van der Waals surface area contributed by atoms with E-state index in [4.69, 9.17) is 0 Å². The molecule has 6 nitrogen and oxygen atoms in total.